The molecule has 2 aromatic rings. The molecule has 3 rings (SSSR count). The fourth-order valence-electron chi connectivity index (χ4n) is 3.21. The summed E-state index contributed by atoms with van der Waals surface area (Å²) in [5.74, 6) is -1.18. The summed E-state index contributed by atoms with van der Waals surface area (Å²) in [5.41, 5.74) is 1.01. The van der Waals surface area contributed by atoms with Crippen LogP contribution in [0.1, 0.15) is 41.7 Å². The first-order valence-corrected chi connectivity index (χ1v) is 8.48. The Morgan fingerprint density at radius 3 is 2.52 bits per heavy atom. The average molecular weight is 340 g/mol. The number of nitrogens with one attached hydrogen (secondary N) is 1. The fourth-order valence-corrected chi connectivity index (χ4v) is 3.21. The van der Waals surface area contributed by atoms with Gasteiger partial charge in [-0.3, -0.25) is 9.59 Å². The average Bonchev–Trinajstić information content (AvgIpc) is 3.12. The van der Waals surface area contributed by atoms with E-state index in [0.29, 0.717) is 13.0 Å². The largest absolute Gasteiger partial charge is 0.348 e. The summed E-state index contributed by atoms with van der Waals surface area (Å²) < 4.78 is 13.9. The van der Waals surface area contributed by atoms with Crippen molar-refractivity contribution in [2.24, 2.45) is 0 Å². The SMILES string of the molecule is C[C@H](NC(=O)[C@@H]1CCCN1C(=O)c1ccccc1F)c1ccccc1. The molecule has 0 spiro atoms. The second kappa shape index (κ2) is 7.47. The molecule has 2 atom stereocenters. The molecule has 0 aromatic heterocycles. The molecule has 1 aliphatic heterocycles. The molecule has 1 aliphatic rings. The highest BCUT2D eigenvalue weighted by Crippen LogP contribution is 2.22. The zero-order chi connectivity index (χ0) is 17.8. The number of nitrogens with zero attached hydrogens (tertiary/aromatic N) is 1. The van der Waals surface area contributed by atoms with Crippen LogP contribution in [0.4, 0.5) is 4.39 Å². The quantitative estimate of drug-likeness (QED) is 0.928. The predicted octanol–water partition coefficient (Wildman–Crippen LogP) is 3.31. The molecule has 25 heavy (non-hydrogen) atoms. The van der Waals surface area contributed by atoms with Gasteiger partial charge >= 0.3 is 0 Å². The minimum absolute atomic E-state index is 0.0123. The summed E-state index contributed by atoms with van der Waals surface area (Å²) in [7, 11) is 0. The van der Waals surface area contributed by atoms with E-state index in [0.717, 1.165) is 12.0 Å². The van der Waals surface area contributed by atoms with Crippen LogP contribution in [-0.2, 0) is 4.79 Å². The fraction of sp³-hybridized carbons (Fsp3) is 0.300. The Morgan fingerprint density at radius 2 is 1.80 bits per heavy atom. The molecule has 1 saturated heterocycles. The van der Waals surface area contributed by atoms with E-state index >= 15 is 0 Å². The van der Waals surface area contributed by atoms with Crippen LogP contribution in [0.2, 0.25) is 0 Å². The standard InChI is InChI=1S/C20H21FN2O2/c1-14(15-8-3-2-4-9-15)22-19(24)18-12-7-13-23(18)20(25)16-10-5-6-11-17(16)21/h2-6,8-11,14,18H,7,12-13H2,1H3,(H,22,24)/t14-,18-/m0/s1. The van der Waals surface area contributed by atoms with E-state index in [9.17, 15) is 14.0 Å². The Balaban J connectivity index is 1.72. The summed E-state index contributed by atoms with van der Waals surface area (Å²) in [6, 6.07) is 14.8. The normalized spacial score (nSPS) is 18.0. The van der Waals surface area contributed by atoms with Gasteiger partial charge < -0.3 is 10.2 Å². The van der Waals surface area contributed by atoms with Crippen LogP contribution < -0.4 is 5.32 Å². The lowest BCUT2D eigenvalue weighted by molar-refractivity contribution is -0.125. The van der Waals surface area contributed by atoms with Gasteiger partial charge in [-0.05, 0) is 37.5 Å². The number of halogens is 1. The number of rotatable bonds is 4. The van der Waals surface area contributed by atoms with Gasteiger partial charge in [0.25, 0.3) is 5.91 Å². The highest BCUT2D eigenvalue weighted by atomic mass is 19.1. The Hall–Kier alpha value is -2.69. The molecule has 1 heterocycles. The Morgan fingerprint density at radius 1 is 1.12 bits per heavy atom. The van der Waals surface area contributed by atoms with Crippen molar-refractivity contribution in [3.05, 3.63) is 71.5 Å². The molecule has 2 aromatic carbocycles. The summed E-state index contributed by atoms with van der Waals surface area (Å²) in [5, 5.41) is 2.96. The Bertz CT molecular complexity index is 763. The number of amides is 2. The predicted molar refractivity (Wildman–Crippen MR) is 93.5 cm³/mol. The van der Waals surface area contributed by atoms with Gasteiger partial charge in [-0.2, -0.15) is 0 Å². The number of likely N-dealkylation sites (tertiary alicyclic amines) is 1. The van der Waals surface area contributed by atoms with Crippen LogP contribution in [0.5, 0.6) is 0 Å². The van der Waals surface area contributed by atoms with Crippen molar-refractivity contribution in [3.63, 3.8) is 0 Å². The molecule has 0 bridgehead atoms. The molecule has 0 unspecified atom stereocenters. The molecule has 1 fully saturated rings. The number of hydrogen-bond acceptors (Lipinski definition) is 2. The van der Waals surface area contributed by atoms with Crippen molar-refractivity contribution in [1.82, 2.24) is 10.2 Å². The van der Waals surface area contributed by atoms with Gasteiger partial charge in [0.05, 0.1) is 11.6 Å². The molecule has 1 N–H and O–H groups in total. The summed E-state index contributed by atoms with van der Waals surface area (Å²) in [6.45, 7) is 2.37. The highest BCUT2D eigenvalue weighted by Gasteiger charge is 2.35. The third kappa shape index (κ3) is 3.71. The van der Waals surface area contributed by atoms with Crippen LogP contribution in [0.25, 0.3) is 0 Å². The molecule has 0 radical (unpaired) electrons. The minimum Gasteiger partial charge on any atom is -0.348 e. The van der Waals surface area contributed by atoms with Gasteiger partial charge in [-0.25, -0.2) is 4.39 Å². The van der Waals surface area contributed by atoms with E-state index in [4.69, 9.17) is 0 Å². The monoisotopic (exact) mass is 340 g/mol. The number of hydrogen-bond donors (Lipinski definition) is 1. The molecule has 130 valence electrons. The summed E-state index contributed by atoms with van der Waals surface area (Å²) in [4.78, 5) is 26.8. The zero-order valence-corrected chi connectivity index (χ0v) is 14.1. The van der Waals surface area contributed by atoms with E-state index in [-0.39, 0.29) is 17.5 Å². The van der Waals surface area contributed by atoms with Gasteiger partial charge in [0.15, 0.2) is 0 Å². The molecular weight excluding hydrogens is 319 g/mol. The topological polar surface area (TPSA) is 49.4 Å². The Labute approximate surface area is 146 Å². The maximum absolute atomic E-state index is 13.9. The van der Waals surface area contributed by atoms with Crippen LogP contribution in [-0.4, -0.2) is 29.3 Å². The van der Waals surface area contributed by atoms with E-state index < -0.39 is 17.8 Å². The number of carbonyl (C=O) groups is 2. The highest BCUT2D eigenvalue weighted by molar-refractivity contribution is 5.98. The number of benzene rings is 2. The van der Waals surface area contributed by atoms with Crippen LogP contribution in [0, 0.1) is 5.82 Å². The zero-order valence-electron chi connectivity index (χ0n) is 14.1. The van der Waals surface area contributed by atoms with Crippen molar-refractivity contribution in [1.29, 1.82) is 0 Å². The van der Waals surface area contributed by atoms with Crippen LogP contribution in [0.3, 0.4) is 0 Å². The van der Waals surface area contributed by atoms with Gasteiger partial charge in [0.2, 0.25) is 5.91 Å². The third-order valence-corrected chi connectivity index (χ3v) is 4.58. The molecular formula is C20H21FN2O2. The number of carbonyl (C=O) groups excluding carboxylic acids is 2. The maximum atomic E-state index is 13.9. The minimum atomic E-state index is -0.559. The summed E-state index contributed by atoms with van der Waals surface area (Å²) >= 11 is 0. The first-order valence-electron chi connectivity index (χ1n) is 8.48. The van der Waals surface area contributed by atoms with Crippen molar-refractivity contribution in [3.8, 4) is 0 Å². The summed E-state index contributed by atoms with van der Waals surface area (Å²) in [6.07, 6.45) is 1.32. The lowest BCUT2D eigenvalue weighted by atomic mass is 10.1. The van der Waals surface area contributed by atoms with Crippen LogP contribution in [0.15, 0.2) is 54.6 Å². The molecule has 0 aliphatic carbocycles. The molecule has 4 nitrogen and oxygen atoms in total. The van der Waals surface area contributed by atoms with Crippen molar-refractivity contribution in [2.75, 3.05) is 6.54 Å². The first kappa shape index (κ1) is 17.1. The lowest BCUT2D eigenvalue weighted by Gasteiger charge is -2.26. The van der Waals surface area contributed by atoms with Gasteiger partial charge in [0, 0.05) is 6.54 Å². The second-order valence-corrected chi connectivity index (χ2v) is 6.28. The van der Waals surface area contributed by atoms with Gasteiger partial charge in [0.1, 0.15) is 11.9 Å². The third-order valence-electron chi connectivity index (χ3n) is 4.58. The molecule has 0 saturated carbocycles. The first-order chi connectivity index (χ1) is 12.1. The van der Waals surface area contributed by atoms with E-state index in [1.54, 1.807) is 12.1 Å². The Kier molecular flexibility index (Phi) is 5.12. The van der Waals surface area contributed by atoms with Gasteiger partial charge in [-0.15, -0.1) is 0 Å². The van der Waals surface area contributed by atoms with Crippen molar-refractivity contribution < 1.29 is 14.0 Å². The van der Waals surface area contributed by atoms with Crippen LogP contribution >= 0.6 is 0 Å². The lowest BCUT2D eigenvalue weighted by Crippen LogP contribution is -2.46. The van der Waals surface area contributed by atoms with Crippen molar-refractivity contribution >= 4 is 11.8 Å². The molecule has 5 heteroatoms. The molecule has 2 amide bonds. The van der Waals surface area contributed by atoms with Crippen molar-refractivity contribution in [2.45, 2.75) is 31.8 Å². The van der Waals surface area contributed by atoms with E-state index in [1.807, 2.05) is 37.3 Å². The smallest absolute Gasteiger partial charge is 0.257 e. The van der Waals surface area contributed by atoms with E-state index in [2.05, 4.69) is 5.32 Å². The second-order valence-electron chi connectivity index (χ2n) is 6.28. The van der Waals surface area contributed by atoms with Gasteiger partial charge in [-0.1, -0.05) is 42.5 Å². The van der Waals surface area contributed by atoms with E-state index in [1.165, 1.54) is 17.0 Å². The maximum Gasteiger partial charge on any atom is 0.257 e.